The molecule has 0 spiro atoms. The molecule has 0 aliphatic heterocycles. The lowest BCUT2D eigenvalue weighted by Gasteiger charge is -2.15. The average molecular weight is 296 g/mol. The fraction of sp³-hybridized carbons (Fsp3) is 0.429. The average Bonchev–Trinajstić information content (AvgIpc) is 2.46. The summed E-state index contributed by atoms with van der Waals surface area (Å²) in [6.07, 6.45) is 0.0216. The van der Waals surface area contributed by atoms with Crippen molar-refractivity contribution in [1.29, 1.82) is 0 Å². The van der Waals surface area contributed by atoms with Crippen LogP contribution >= 0.6 is 0 Å². The van der Waals surface area contributed by atoms with Crippen molar-refractivity contribution >= 4 is 11.9 Å². The molecule has 0 bridgehead atoms. The maximum Gasteiger partial charge on any atom is 0.303 e. The van der Waals surface area contributed by atoms with E-state index in [1.54, 1.807) is 32.4 Å². The van der Waals surface area contributed by atoms with E-state index in [4.69, 9.17) is 20.3 Å². The molecule has 1 aromatic carbocycles. The van der Waals surface area contributed by atoms with Crippen LogP contribution in [0.4, 0.5) is 0 Å². The maximum atomic E-state index is 11.3. The lowest BCUT2D eigenvalue weighted by Crippen LogP contribution is -2.41. The van der Waals surface area contributed by atoms with E-state index in [-0.39, 0.29) is 12.8 Å². The van der Waals surface area contributed by atoms with Crippen LogP contribution in [0.1, 0.15) is 18.4 Å². The number of nitrogens with two attached hydrogens (primary N) is 1. The smallest absolute Gasteiger partial charge is 0.303 e. The zero-order chi connectivity index (χ0) is 15.8. The van der Waals surface area contributed by atoms with Gasteiger partial charge in [-0.3, -0.25) is 9.59 Å². The number of ether oxygens (including phenoxy) is 2. The van der Waals surface area contributed by atoms with E-state index in [0.717, 1.165) is 5.56 Å². The summed E-state index contributed by atoms with van der Waals surface area (Å²) < 4.78 is 10.3. The van der Waals surface area contributed by atoms with E-state index in [0.29, 0.717) is 18.0 Å². The summed E-state index contributed by atoms with van der Waals surface area (Å²) in [5.41, 5.74) is 6.10. The highest BCUT2D eigenvalue weighted by atomic mass is 16.5. The lowest BCUT2D eigenvalue weighted by atomic mass is 10.1. The molecule has 0 aliphatic carbocycles. The topological polar surface area (TPSA) is 111 Å². The van der Waals surface area contributed by atoms with E-state index in [1.165, 1.54) is 0 Å². The molecule has 0 aliphatic rings. The maximum absolute atomic E-state index is 11.3. The highest BCUT2D eigenvalue weighted by molar-refractivity contribution is 5.80. The second-order valence-corrected chi connectivity index (χ2v) is 4.49. The van der Waals surface area contributed by atoms with Crippen LogP contribution in [-0.2, 0) is 16.1 Å². The monoisotopic (exact) mass is 296 g/mol. The van der Waals surface area contributed by atoms with Gasteiger partial charge in [-0.2, -0.15) is 0 Å². The minimum Gasteiger partial charge on any atom is -0.497 e. The SMILES string of the molecule is COc1cc(CN[C@@H](CCC(=O)O)C(N)=O)cc(OC)c1. The van der Waals surface area contributed by atoms with Crippen molar-refractivity contribution in [2.24, 2.45) is 5.73 Å². The van der Waals surface area contributed by atoms with Gasteiger partial charge in [-0.05, 0) is 24.1 Å². The van der Waals surface area contributed by atoms with Gasteiger partial charge in [0.05, 0.1) is 20.3 Å². The number of amides is 1. The van der Waals surface area contributed by atoms with E-state index in [9.17, 15) is 9.59 Å². The molecular formula is C14H20N2O5. The van der Waals surface area contributed by atoms with Crippen molar-refractivity contribution < 1.29 is 24.2 Å². The van der Waals surface area contributed by atoms with Crippen molar-refractivity contribution in [3.63, 3.8) is 0 Å². The van der Waals surface area contributed by atoms with Crippen LogP contribution in [0.5, 0.6) is 11.5 Å². The number of carbonyl (C=O) groups is 2. The van der Waals surface area contributed by atoms with E-state index in [2.05, 4.69) is 5.32 Å². The number of benzene rings is 1. The molecular weight excluding hydrogens is 276 g/mol. The second kappa shape index (κ2) is 8.11. The molecule has 1 rings (SSSR count). The Labute approximate surface area is 123 Å². The van der Waals surface area contributed by atoms with Crippen molar-refractivity contribution in [2.45, 2.75) is 25.4 Å². The molecule has 7 nitrogen and oxygen atoms in total. The quantitative estimate of drug-likeness (QED) is 0.612. The number of hydrogen-bond donors (Lipinski definition) is 3. The highest BCUT2D eigenvalue weighted by Crippen LogP contribution is 2.22. The number of carboxylic acid groups (broad SMARTS) is 1. The first-order valence-corrected chi connectivity index (χ1v) is 6.42. The zero-order valence-electron chi connectivity index (χ0n) is 12.1. The minimum absolute atomic E-state index is 0.123. The first-order chi connectivity index (χ1) is 9.96. The van der Waals surface area contributed by atoms with E-state index < -0.39 is 17.9 Å². The number of rotatable bonds is 9. The van der Waals surface area contributed by atoms with Crippen LogP contribution in [0.15, 0.2) is 18.2 Å². The Balaban J connectivity index is 2.70. The van der Waals surface area contributed by atoms with Crippen LogP contribution < -0.4 is 20.5 Å². The largest absolute Gasteiger partial charge is 0.497 e. The van der Waals surface area contributed by atoms with Crippen LogP contribution in [0.25, 0.3) is 0 Å². The van der Waals surface area contributed by atoms with Gasteiger partial charge in [0.1, 0.15) is 11.5 Å². The highest BCUT2D eigenvalue weighted by Gasteiger charge is 2.16. The lowest BCUT2D eigenvalue weighted by molar-refractivity contribution is -0.137. The van der Waals surface area contributed by atoms with Crippen molar-refractivity contribution in [3.05, 3.63) is 23.8 Å². The molecule has 0 fully saturated rings. The molecule has 4 N–H and O–H groups in total. The summed E-state index contributed by atoms with van der Waals surface area (Å²) in [5, 5.41) is 11.6. The number of carboxylic acids is 1. The van der Waals surface area contributed by atoms with Gasteiger partial charge in [0, 0.05) is 19.0 Å². The van der Waals surface area contributed by atoms with Crippen LogP contribution in [0, 0.1) is 0 Å². The molecule has 0 saturated carbocycles. The molecule has 0 saturated heterocycles. The molecule has 1 amide bonds. The Hall–Kier alpha value is -2.28. The number of methoxy groups -OCH3 is 2. The third-order valence-electron chi connectivity index (χ3n) is 2.95. The van der Waals surface area contributed by atoms with Crippen LogP contribution in [0.3, 0.4) is 0 Å². The second-order valence-electron chi connectivity index (χ2n) is 4.49. The summed E-state index contributed by atoms with van der Waals surface area (Å²) in [7, 11) is 3.09. The molecule has 21 heavy (non-hydrogen) atoms. The first-order valence-electron chi connectivity index (χ1n) is 6.42. The summed E-state index contributed by atoms with van der Waals surface area (Å²) in [6, 6.07) is 4.63. The molecule has 0 heterocycles. The van der Waals surface area contributed by atoms with E-state index >= 15 is 0 Å². The molecule has 116 valence electrons. The predicted octanol–water partition coefficient (Wildman–Crippen LogP) is 0.512. The van der Waals surface area contributed by atoms with Crippen molar-refractivity contribution in [1.82, 2.24) is 5.32 Å². The van der Waals surface area contributed by atoms with Gasteiger partial charge < -0.3 is 25.6 Å². The third-order valence-corrected chi connectivity index (χ3v) is 2.95. The molecule has 0 radical (unpaired) electrons. The number of primary amides is 1. The number of hydrogen-bond acceptors (Lipinski definition) is 5. The molecule has 0 aromatic heterocycles. The molecule has 1 atom stereocenters. The standard InChI is InChI=1S/C14H20N2O5/c1-20-10-5-9(6-11(7-10)21-2)8-16-12(14(15)19)3-4-13(17)18/h5-7,12,16H,3-4,8H2,1-2H3,(H2,15,19)(H,17,18)/t12-/m0/s1. The summed E-state index contributed by atoms with van der Waals surface area (Å²) >= 11 is 0. The van der Waals surface area contributed by atoms with Crippen molar-refractivity contribution in [3.8, 4) is 11.5 Å². The zero-order valence-corrected chi connectivity index (χ0v) is 12.1. The van der Waals surface area contributed by atoms with Gasteiger partial charge in [-0.1, -0.05) is 0 Å². The summed E-state index contributed by atoms with van der Waals surface area (Å²) in [5.74, 6) is -0.281. The van der Waals surface area contributed by atoms with Gasteiger partial charge in [-0.15, -0.1) is 0 Å². The fourth-order valence-corrected chi connectivity index (χ4v) is 1.82. The van der Waals surface area contributed by atoms with Gasteiger partial charge in [0.2, 0.25) is 5.91 Å². The van der Waals surface area contributed by atoms with Gasteiger partial charge in [0.15, 0.2) is 0 Å². The fourth-order valence-electron chi connectivity index (χ4n) is 1.82. The number of aliphatic carboxylic acids is 1. The van der Waals surface area contributed by atoms with Gasteiger partial charge >= 0.3 is 5.97 Å². The normalized spacial score (nSPS) is 11.7. The number of nitrogens with one attached hydrogen (secondary N) is 1. The number of carbonyl (C=O) groups excluding carboxylic acids is 1. The van der Waals surface area contributed by atoms with Gasteiger partial charge in [0.25, 0.3) is 0 Å². The Bertz CT molecular complexity index is 482. The molecule has 0 unspecified atom stereocenters. The Morgan fingerprint density at radius 3 is 2.24 bits per heavy atom. The molecule has 7 heteroatoms. The molecule has 1 aromatic rings. The predicted molar refractivity (Wildman–Crippen MR) is 76.2 cm³/mol. The third kappa shape index (κ3) is 5.70. The van der Waals surface area contributed by atoms with E-state index in [1.807, 2.05) is 0 Å². The van der Waals surface area contributed by atoms with Gasteiger partial charge in [-0.25, -0.2) is 0 Å². The minimum atomic E-state index is -0.967. The van der Waals surface area contributed by atoms with Crippen molar-refractivity contribution in [2.75, 3.05) is 14.2 Å². The Kier molecular flexibility index (Phi) is 6.48. The Morgan fingerprint density at radius 1 is 1.24 bits per heavy atom. The first kappa shape index (κ1) is 16.8. The summed E-state index contributed by atoms with van der Waals surface area (Å²) in [6.45, 7) is 0.348. The Morgan fingerprint density at radius 2 is 1.81 bits per heavy atom. The summed E-state index contributed by atoms with van der Waals surface area (Å²) in [4.78, 5) is 21.9. The van der Waals surface area contributed by atoms with Crippen LogP contribution in [-0.4, -0.2) is 37.2 Å². The van der Waals surface area contributed by atoms with Crippen LogP contribution in [0.2, 0.25) is 0 Å².